The number of amides is 1. The summed E-state index contributed by atoms with van der Waals surface area (Å²) in [4.78, 5) is 37.9. The van der Waals surface area contributed by atoms with Crippen LogP contribution >= 0.6 is 11.3 Å². The molecule has 0 N–H and O–H groups in total. The Morgan fingerprint density at radius 3 is 2.43 bits per heavy atom. The molecule has 0 aliphatic carbocycles. The highest BCUT2D eigenvalue weighted by molar-refractivity contribution is 7.16. The number of nitrogens with zero attached hydrogens (tertiary/aromatic N) is 4. The second-order valence-corrected chi connectivity index (χ2v) is 7.33. The molecule has 0 saturated heterocycles. The van der Waals surface area contributed by atoms with Crippen LogP contribution in [-0.4, -0.2) is 33.5 Å². The summed E-state index contributed by atoms with van der Waals surface area (Å²) in [5, 5.41) is 22.2. The van der Waals surface area contributed by atoms with Crippen molar-refractivity contribution < 1.29 is 19.4 Å². The fraction of sp³-hybridized carbons (Fsp3) is 0.263. The number of thiazole rings is 1. The van der Waals surface area contributed by atoms with Crippen molar-refractivity contribution >= 4 is 38.8 Å². The predicted molar refractivity (Wildman–Crippen MR) is 111 cm³/mol. The average molecular weight is 430 g/mol. The maximum atomic E-state index is 12.8. The number of aryl methyl sites for hydroxylation is 1. The summed E-state index contributed by atoms with van der Waals surface area (Å²) >= 11 is 1.29. The summed E-state index contributed by atoms with van der Waals surface area (Å²) in [6.45, 7) is 5.25. The summed E-state index contributed by atoms with van der Waals surface area (Å²) in [6, 6.07) is 8.54. The average Bonchev–Trinajstić information content (AvgIpc) is 3.06. The molecule has 0 saturated carbocycles. The number of non-ortho nitro benzene ring substituents is 2. The van der Waals surface area contributed by atoms with Crippen LogP contribution in [-0.2, 0) is 11.3 Å². The Labute approximate surface area is 174 Å². The normalized spacial score (nSPS) is 11.7. The minimum absolute atomic E-state index is 0.221. The van der Waals surface area contributed by atoms with Crippen molar-refractivity contribution in [1.82, 2.24) is 4.57 Å². The first-order valence-electron chi connectivity index (χ1n) is 9.01. The monoisotopic (exact) mass is 430 g/mol. The third kappa shape index (κ3) is 4.42. The summed E-state index contributed by atoms with van der Waals surface area (Å²) in [5.41, 5.74) is 0.610. The van der Waals surface area contributed by atoms with E-state index in [1.54, 1.807) is 0 Å². The van der Waals surface area contributed by atoms with Crippen LogP contribution in [0.2, 0.25) is 0 Å². The molecule has 11 heteroatoms. The molecule has 0 bridgehead atoms. The van der Waals surface area contributed by atoms with Crippen molar-refractivity contribution in [1.29, 1.82) is 0 Å². The summed E-state index contributed by atoms with van der Waals surface area (Å²) in [7, 11) is 0. The number of nitro groups is 2. The van der Waals surface area contributed by atoms with E-state index in [9.17, 15) is 25.0 Å². The van der Waals surface area contributed by atoms with E-state index in [0.29, 0.717) is 24.6 Å². The van der Waals surface area contributed by atoms with E-state index in [1.807, 2.05) is 36.6 Å². The topological polar surface area (TPSA) is 130 Å². The van der Waals surface area contributed by atoms with Crippen molar-refractivity contribution in [3.8, 4) is 0 Å². The quantitative estimate of drug-likeness (QED) is 0.320. The number of hydrogen-bond acceptors (Lipinski definition) is 7. The maximum absolute atomic E-state index is 12.8. The molecule has 1 aromatic heterocycles. The van der Waals surface area contributed by atoms with Crippen LogP contribution in [0.25, 0.3) is 10.2 Å². The van der Waals surface area contributed by atoms with Gasteiger partial charge in [-0.25, -0.2) is 0 Å². The molecular formula is C19H18N4O6S. The van der Waals surface area contributed by atoms with Gasteiger partial charge in [0.2, 0.25) is 0 Å². The van der Waals surface area contributed by atoms with Crippen molar-refractivity contribution in [3.05, 3.63) is 72.6 Å². The molecule has 30 heavy (non-hydrogen) atoms. The third-order valence-electron chi connectivity index (χ3n) is 4.33. The van der Waals surface area contributed by atoms with Gasteiger partial charge in [0, 0.05) is 25.3 Å². The molecule has 156 valence electrons. The molecule has 0 spiro atoms. The van der Waals surface area contributed by atoms with E-state index in [4.69, 9.17) is 4.74 Å². The van der Waals surface area contributed by atoms with Crippen molar-refractivity contribution in [2.75, 3.05) is 13.2 Å². The van der Waals surface area contributed by atoms with Crippen LogP contribution < -0.4 is 4.80 Å². The fourth-order valence-corrected chi connectivity index (χ4v) is 4.11. The number of hydrogen-bond donors (Lipinski definition) is 0. The first-order chi connectivity index (χ1) is 14.3. The Kier molecular flexibility index (Phi) is 6.33. The number of fused-ring (bicyclic) bond motifs is 1. The fourth-order valence-electron chi connectivity index (χ4n) is 2.98. The van der Waals surface area contributed by atoms with Crippen LogP contribution in [0, 0.1) is 27.2 Å². The van der Waals surface area contributed by atoms with Crippen LogP contribution in [0.15, 0.2) is 41.4 Å². The van der Waals surface area contributed by atoms with Crippen molar-refractivity contribution in [3.63, 3.8) is 0 Å². The SMILES string of the molecule is CCOCCn1c(=NC(=O)c2cc([N+](=O)[O-])cc([N+](=O)[O-])c2)sc2cccc(C)c21. The number of carbonyl (C=O) groups is 1. The zero-order valence-corrected chi connectivity index (χ0v) is 17.0. The Balaban J connectivity index is 2.13. The smallest absolute Gasteiger partial charge is 0.280 e. The Hall–Kier alpha value is -3.44. The lowest BCUT2D eigenvalue weighted by Crippen LogP contribution is -2.20. The maximum Gasteiger partial charge on any atom is 0.280 e. The number of para-hydroxylation sites is 1. The summed E-state index contributed by atoms with van der Waals surface area (Å²) in [6.07, 6.45) is 0. The highest BCUT2D eigenvalue weighted by Gasteiger charge is 2.20. The van der Waals surface area contributed by atoms with Crippen LogP contribution in [0.5, 0.6) is 0 Å². The highest BCUT2D eigenvalue weighted by Crippen LogP contribution is 2.24. The van der Waals surface area contributed by atoms with Gasteiger partial charge in [-0.1, -0.05) is 23.5 Å². The first kappa shape index (κ1) is 21.3. The molecule has 3 rings (SSSR count). The molecule has 1 amide bonds. The van der Waals surface area contributed by atoms with Crippen molar-refractivity contribution in [2.45, 2.75) is 20.4 Å². The minimum Gasteiger partial charge on any atom is -0.380 e. The van der Waals surface area contributed by atoms with Crippen LogP contribution in [0.1, 0.15) is 22.8 Å². The van der Waals surface area contributed by atoms with Crippen molar-refractivity contribution in [2.24, 2.45) is 4.99 Å². The molecule has 0 aliphatic rings. The third-order valence-corrected chi connectivity index (χ3v) is 5.38. The predicted octanol–water partition coefficient (Wildman–Crippen LogP) is 3.61. The van der Waals surface area contributed by atoms with Gasteiger partial charge in [0.25, 0.3) is 17.3 Å². The van der Waals surface area contributed by atoms with Gasteiger partial charge in [0.15, 0.2) is 4.80 Å². The van der Waals surface area contributed by atoms with Crippen LogP contribution in [0.4, 0.5) is 11.4 Å². The van der Waals surface area contributed by atoms with E-state index in [1.165, 1.54) is 11.3 Å². The number of aromatic nitrogens is 1. The van der Waals surface area contributed by atoms with Gasteiger partial charge in [0.1, 0.15) is 0 Å². The first-order valence-corrected chi connectivity index (χ1v) is 9.83. The lowest BCUT2D eigenvalue weighted by Gasteiger charge is -2.07. The summed E-state index contributed by atoms with van der Waals surface area (Å²) < 4.78 is 8.21. The van der Waals surface area contributed by atoms with Gasteiger partial charge in [-0.05, 0) is 25.5 Å². The molecule has 10 nitrogen and oxygen atoms in total. The number of benzene rings is 2. The van der Waals surface area contributed by atoms with Crippen LogP contribution in [0.3, 0.4) is 0 Å². The largest absolute Gasteiger partial charge is 0.380 e. The van der Waals surface area contributed by atoms with E-state index in [-0.39, 0.29) is 5.56 Å². The van der Waals surface area contributed by atoms with Gasteiger partial charge in [-0.15, -0.1) is 0 Å². The second kappa shape index (κ2) is 8.93. The molecule has 3 aromatic rings. The molecule has 0 fully saturated rings. The number of nitro benzene ring substituents is 2. The van der Waals surface area contributed by atoms with Gasteiger partial charge < -0.3 is 9.30 Å². The number of ether oxygens (including phenoxy) is 1. The van der Waals surface area contributed by atoms with Gasteiger partial charge in [-0.3, -0.25) is 25.0 Å². The van der Waals surface area contributed by atoms with E-state index in [2.05, 4.69) is 4.99 Å². The highest BCUT2D eigenvalue weighted by atomic mass is 32.1. The van der Waals surface area contributed by atoms with E-state index >= 15 is 0 Å². The molecule has 0 atom stereocenters. The number of carbonyl (C=O) groups excluding carboxylic acids is 1. The Bertz CT molecular complexity index is 1180. The molecule has 1 heterocycles. The molecule has 2 aromatic carbocycles. The van der Waals surface area contributed by atoms with Gasteiger partial charge in [-0.2, -0.15) is 4.99 Å². The Morgan fingerprint density at radius 1 is 1.17 bits per heavy atom. The Morgan fingerprint density at radius 2 is 1.83 bits per heavy atom. The second-order valence-electron chi connectivity index (χ2n) is 6.32. The standard InChI is InChI=1S/C19H18N4O6S/c1-3-29-8-7-21-17-12(2)5-4-6-16(17)30-19(21)20-18(24)13-9-14(22(25)26)11-15(10-13)23(27)28/h4-6,9-11H,3,7-8H2,1-2H3. The van der Waals surface area contributed by atoms with E-state index < -0.39 is 27.1 Å². The van der Waals surface area contributed by atoms with Gasteiger partial charge >= 0.3 is 0 Å². The zero-order valence-electron chi connectivity index (χ0n) is 16.2. The summed E-state index contributed by atoms with van der Waals surface area (Å²) in [5.74, 6) is -0.795. The lowest BCUT2D eigenvalue weighted by atomic mass is 10.1. The molecule has 0 unspecified atom stereocenters. The molecule has 0 radical (unpaired) electrons. The minimum atomic E-state index is -0.795. The van der Waals surface area contributed by atoms with E-state index in [0.717, 1.165) is 34.0 Å². The lowest BCUT2D eigenvalue weighted by molar-refractivity contribution is -0.394. The zero-order chi connectivity index (χ0) is 21.8. The molecular weight excluding hydrogens is 412 g/mol. The molecule has 0 aliphatic heterocycles. The van der Waals surface area contributed by atoms with Gasteiger partial charge in [0.05, 0.1) is 38.3 Å². The number of rotatable bonds is 7.